The molecule has 1 heterocycles. The zero-order valence-corrected chi connectivity index (χ0v) is 12.2. The SMILES string of the molecule is CC.CN(C)C(=O)C(CC=O)C1CC(=O)N(C)C1=O. The topological polar surface area (TPSA) is 74.8 Å². The van der Waals surface area contributed by atoms with Gasteiger partial charge in [-0.15, -0.1) is 0 Å². The van der Waals surface area contributed by atoms with Crippen LogP contribution in [0.3, 0.4) is 0 Å². The Labute approximate surface area is 113 Å². The molecule has 0 aromatic rings. The van der Waals surface area contributed by atoms with Gasteiger partial charge >= 0.3 is 0 Å². The van der Waals surface area contributed by atoms with Crippen LogP contribution in [0.2, 0.25) is 0 Å². The first-order chi connectivity index (χ1) is 8.90. The van der Waals surface area contributed by atoms with Gasteiger partial charge in [0.15, 0.2) is 0 Å². The minimum Gasteiger partial charge on any atom is -0.349 e. The molecule has 1 fully saturated rings. The Balaban J connectivity index is 0.00000154. The van der Waals surface area contributed by atoms with Crippen molar-refractivity contribution in [3.8, 4) is 0 Å². The minimum absolute atomic E-state index is 0.00736. The predicted molar refractivity (Wildman–Crippen MR) is 70.1 cm³/mol. The first-order valence-electron chi connectivity index (χ1n) is 6.35. The van der Waals surface area contributed by atoms with Crippen LogP contribution in [0.4, 0.5) is 0 Å². The summed E-state index contributed by atoms with van der Waals surface area (Å²) in [5.41, 5.74) is 0. The molecular formula is C13H22N2O4. The average molecular weight is 270 g/mol. The van der Waals surface area contributed by atoms with Gasteiger partial charge in [0.2, 0.25) is 17.7 Å². The van der Waals surface area contributed by atoms with Gasteiger partial charge in [-0.05, 0) is 0 Å². The maximum Gasteiger partial charge on any atom is 0.233 e. The molecule has 6 heteroatoms. The lowest BCUT2D eigenvalue weighted by atomic mass is 9.87. The molecule has 0 radical (unpaired) electrons. The molecule has 1 saturated heterocycles. The van der Waals surface area contributed by atoms with Crippen molar-refractivity contribution in [2.45, 2.75) is 26.7 Å². The first kappa shape index (κ1) is 17.3. The molecule has 0 spiro atoms. The number of hydrogen-bond donors (Lipinski definition) is 0. The van der Waals surface area contributed by atoms with Gasteiger partial charge in [0.1, 0.15) is 6.29 Å². The van der Waals surface area contributed by atoms with E-state index in [0.717, 1.165) is 4.90 Å². The standard InChI is InChI=1S/C11H16N2O4.C2H6/c1-12(2)10(16)7(4-5-14)8-6-9(15)13(3)11(8)17;1-2/h5,7-8H,4,6H2,1-3H3;1-2H3. The monoisotopic (exact) mass is 270 g/mol. The number of nitrogens with zero attached hydrogens (tertiary/aromatic N) is 2. The molecular weight excluding hydrogens is 248 g/mol. The van der Waals surface area contributed by atoms with Crippen LogP contribution < -0.4 is 0 Å². The Morgan fingerprint density at radius 2 is 1.95 bits per heavy atom. The molecule has 0 bridgehead atoms. The van der Waals surface area contributed by atoms with E-state index in [1.807, 2.05) is 13.8 Å². The number of rotatable bonds is 4. The van der Waals surface area contributed by atoms with Crippen molar-refractivity contribution >= 4 is 24.0 Å². The highest BCUT2D eigenvalue weighted by atomic mass is 16.2. The lowest BCUT2D eigenvalue weighted by Crippen LogP contribution is -2.37. The van der Waals surface area contributed by atoms with Crippen LogP contribution in [-0.2, 0) is 19.2 Å². The van der Waals surface area contributed by atoms with Crippen LogP contribution >= 0.6 is 0 Å². The largest absolute Gasteiger partial charge is 0.349 e. The summed E-state index contributed by atoms with van der Waals surface area (Å²) in [5.74, 6) is -2.41. The summed E-state index contributed by atoms with van der Waals surface area (Å²) in [4.78, 5) is 48.0. The quantitative estimate of drug-likeness (QED) is 0.544. The smallest absolute Gasteiger partial charge is 0.233 e. The molecule has 2 atom stereocenters. The molecule has 1 rings (SSSR count). The molecule has 2 unspecified atom stereocenters. The maximum absolute atomic E-state index is 11.9. The van der Waals surface area contributed by atoms with E-state index in [2.05, 4.69) is 0 Å². The summed E-state index contributed by atoms with van der Waals surface area (Å²) in [5, 5.41) is 0. The van der Waals surface area contributed by atoms with E-state index in [9.17, 15) is 19.2 Å². The van der Waals surface area contributed by atoms with E-state index in [0.29, 0.717) is 6.29 Å². The maximum atomic E-state index is 11.9. The second-order valence-electron chi connectivity index (χ2n) is 4.34. The summed E-state index contributed by atoms with van der Waals surface area (Å²) in [6.07, 6.45) is 0.587. The third kappa shape index (κ3) is 3.87. The number of hydrogen-bond acceptors (Lipinski definition) is 4. The van der Waals surface area contributed by atoms with Crippen molar-refractivity contribution in [3.63, 3.8) is 0 Å². The summed E-state index contributed by atoms with van der Waals surface area (Å²) in [6, 6.07) is 0. The molecule has 19 heavy (non-hydrogen) atoms. The molecule has 6 nitrogen and oxygen atoms in total. The van der Waals surface area contributed by atoms with Crippen molar-refractivity contribution in [2.24, 2.45) is 11.8 Å². The Kier molecular flexibility index (Phi) is 6.96. The van der Waals surface area contributed by atoms with Gasteiger partial charge in [0.25, 0.3) is 0 Å². The van der Waals surface area contributed by atoms with Crippen molar-refractivity contribution in [1.82, 2.24) is 9.80 Å². The van der Waals surface area contributed by atoms with Crippen LogP contribution in [-0.4, -0.2) is 55.0 Å². The van der Waals surface area contributed by atoms with Gasteiger partial charge in [0, 0.05) is 34.0 Å². The predicted octanol–water partition coefficient (Wildman–Crippen LogP) is 0.311. The second kappa shape index (κ2) is 7.66. The van der Waals surface area contributed by atoms with Crippen molar-refractivity contribution < 1.29 is 19.2 Å². The van der Waals surface area contributed by atoms with Crippen molar-refractivity contribution in [1.29, 1.82) is 0 Å². The average Bonchev–Trinajstić information content (AvgIpc) is 2.65. The summed E-state index contributed by atoms with van der Waals surface area (Å²) < 4.78 is 0. The fraction of sp³-hybridized carbons (Fsp3) is 0.692. The number of imide groups is 1. The van der Waals surface area contributed by atoms with E-state index in [-0.39, 0.29) is 30.6 Å². The number of carbonyl (C=O) groups excluding carboxylic acids is 4. The number of carbonyl (C=O) groups is 4. The van der Waals surface area contributed by atoms with E-state index >= 15 is 0 Å². The van der Waals surface area contributed by atoms with Gasteiger partial charge < -0.3 is 9.69 Å². The highest BCUT2D eigenvalue weighted by Crippen LogP contribution is 2.28. The fourth-order valence-electron chi connectivity index (χ4n) is 1.97. The van der Waals surface area contributed by atoms with Gasteiger partial charge in [-0.3, -0.25) is 19.3 Å². The molecule has 3 amide bonds. The van der Waals surface area contributed by atoms with E-state index in [1.54, 1.807) is 14.1 Å². The lowest BCUT2D eigenvalue weighted by molar-refractivity contribution is -0.143. The fourth-order valence-corrected chi connectivity index (χ4v) is 1.97. The molecule has 0 aromatic carbocycles. The molecule has 1 aliphatic rings. The zero-order valence-electron chi connectivity index (χ0n) is 12.2. The van der Waals surface area contributed by atoms with Crippen molar-refractivity contribution in [2.75, 3.05) is 21.1 Å². The number of amides is 3. The van der Waals surface area contributed by atoms with Crippen LogP contribution in [0.15, 0.2) is 0 Å². The molecule has 108 valence electrons. The van der Waals surface area contributed by atoms with Crippen LogP contribution in [0.1, 0.15) is 26.7 Å². The second-order valence-corrected chi connectivity index (χ2v) is 4.34. The Bertz CT molecular complexity index is 366. The van der Waals surface area contributed by atoms with Crippen molar-refractivity contribution in [3.05, 3.63) is 0 Å². The summed E-state index contributed by atoms with van der Waals surface area (Å²) in [7, 11) is 4.51. The van der Waals surface area contributed by atoms with Gasteiger partial charge in [-0.1, -0.05) is 13.8 Å². The third-order valence-electron chi connectivity index (χ3n) is 3.01. The van der Waals surface area contributed by atoms with Crippen LogP contribution in [0, 0.1) is 11.8 Å². The first-order valence-corrected chi connectivity index (χ1v) is 6.35. The highest BCUT2D eigenvalue weighted by molar-refractivity contribution is 6.05. The molecule has 0 saturated carbocycles. The van der Waals surface area contributed by atoms with E-state index in [1.165, 1.54) is 11.9 Å². The Hall–Kier alpha value is -1.72. The Morgan fingerprint density at radius 1 is 1.42 bits per heavy atom. The summed E-state index contributed by atoms with van der Waals surface area (Å²) in [6.45, 7) is 4.00. The van der Waals surface area contributed by atoms with Gasteiger partial charge in [-0.25, -0.2) is 0 Å². The van der Waals surface area contributed by atoms with Gasteiger partial charge in [-0.2, -0.15) is 0 Å². The van der Waals surface area contributed by atoms with Crippen LogP contribution in [0.5, 0.6) is 0 Å². The molecule has 0 aromatic heterocycles. The molecule has 1 aliphatic heterocycles. The highest BCUT2D eigenvalue weighted by Gasteiger charge is 2.43. The van der Waals surface area contributed by atoms with E-state index in [4.69, 9.17) is 0 Å². The minimum atomic E-state index is -0.733. The van der Waals surface area contributed by atoms with E-state index < -0.39 is 11.8 Å². The number of aldehydes is 1. The van der Waals surface area contributed by atoms with Gasteiger partial charge in [0.05, 0.1) is 11.8 Å². The third-order valence-corrected chi connectivity index (χ3v) is 3.01. The zero-order chi connectivity index (χ0) is 15.2. The lowest BCUT2D eigenvalue weighted by Gasteiger charge is -2.22. The summed E-state index contributed by atoms with van der Waals surface area (Å²) >= 11 is 0. The molecule has 0 N–H and O–H groups in total. The number of likely N-dealkylation sites (tertiary alicyclic amines) is 1. The normalized spacial score (nSPS) is 19.6. The van der Waals surface area contributed by atoms with Crippen LogP contribution in [0.25, 0.3) is 0 Å². The Morgan fingerprint density at radius 3 is 2.26 bits per heavy atom. The molecule has 0 aliphatic carbocycles.